The summed E-state index contributed by atoms with van der Waals surface area (Å²) in [6, 6.07) is 20.0. The molecule has 2 rings (SSSR count). The standard InChI is InChI=1S/C12H12N2.H3O4P/c1-3-7-11(8-4-1)13-14-12-9-5-2-6-10-12;1-5(2,3)4/h1-10,13-14H;(H3,1,2,3,4). The van der Waals surface area contributed by atoms with Gasteiger partial charge >= 0.3 is 7.82 Å². The Labute approximate surface area is 110 Å². The van der Waals surface area contributed by atoms with Gasteiger partial charge in [-0.1, -0.05) is 36.4 Å². The highest BCUT2D eigenvalue weighted by Gasteiger charge is 2.00. The van der Waals surface area contributed by atoms with Crippen LogP contribution in [0.1, 0.15) is 0 Å². The van der Waals surface area contributed by atoms with Crippen LogP contribution in [0.4, 0.5) is 11.4 Å². The Morgan fingerprint density at radius 3 is 1.21 bits per heavy atom. The second-order valence-electron chi connectivity index (χ2n) is 3.50. The van der Waals surface area contributed by atoms with Gasteiger partial charge in [-0.05, 0) is 24.3 Å². The maximum Gasteiger partial charge on any atom is 0.466 e. The lowest BCUT2D eigenvalue weighted by Crippen LogP contribution is -2.07. The molecule has 0 radical (unpaired) electrons. The quantitative estimate of drug-likeness (QED) is 0.437. The molecule has 0 aliphatic heterocycles. The van der Waals surface area contributed by atoms with Crippen molar-refractivity contribution in [3.05, 3.63) is 60.7 Å². The second-order valence-corrected chi connectivity index (χ2v) is 4.52. The second kappa shape index (κ2) is 7.56. The van der Waals surface area contributed by atoms with Crippen LogP contribution in [0.15, 0.2) is 60.7 Å². The highest BCUT2D eigenvalue weighted by Crippen LogP contribution is 2.25. The number of hydrogen-bond donors (Lipinski definition) is 5. The van der Waals surface area contributed by atoms with Gasteiger partial charge < -0.3 is 25.5 Å². The summed E-state index contributed by atoms with van der Waals surface area (Å²) < 4.78 is 8.88. The molecule has 19 heavy (non-hydrogen) atoms. The zero-order valence-electron chi connectivity index (χ0n) is 9.97. The van der Waals surface area contributed by atoms with Crippen molar-refractivity contribution in [2.24, 2.45) is 0 Å². The van der Waals surface area contributed by atoms with Crippen molar-refractivity contribution in [2.45, 2.75) is 0 Å². The minimum atomic E-state index is -4.64. The van der Waals surface area contributed by atoms with Crippen molar-refractivity contribution in [1.82, 2.24) is 0 Å². The average Bonchev–Trinajstić information content (AvgIpc) is 2.37. The zero-order valence-corrected chi connectivity index (χ0v) is 10.9. The van der Waals surface area contributed by atoms with Crippen LogP contribution in [0, 0.1) is 0 Å². The highest BCUT2D eigenvalue weighted by atomic mass is 31.2. The van der Waals surface area contributed by atoms with Crippen molar-refractivity contribution in [3.63, 3.8) is 0 Å². The number of phosphoric acid groups is 1. The van der Waals surface area contributed by atoms with Crippen molar-refractivity contribution < 1.29 is 19.2 Å². The van der Waals surface area contributed by atoms with E-state index in [0.717, 1.165) is 11.4 Å². The normalized spacial score (nSPS) is 10.1. The van der Waals surface area contributed by atoms with Gasteiger partial charge in [-0.25, -0.2) is 4.57 Å². The fourth-order valence-corrected chi connectivity index (χ4v) is 1.19. The molecule has 0 unspecified atom stereocenters. The molecule has 2 aromatic carbocycles. The van der Waals surface area contributed by atoms with Crippen LogP contribution in [0.3, 0.4) is 0 Å². The van der Waals surface area contributed by atoms with E-state index in [1.165, 1.54) is 0 Å². The first-order valence-corrected chi connectivity index (χ1v) is 6.92. The lowest BCUT2D eigenvalue weighted by atomic mass is 10.3. The van der Waals surface area contributed by atoms with E-state index >= 15 is 0 Å². The highest BCUT2D eigenvalue weighted by molar-refractivity contribution is 7.45. The number of anilines is 2. The first kappa shape index (κ1) is 15.2. The lowest BCUT2D eigenvalue weighted by molar-refractivity contribution is 0.275. The van der Waals surface area contributed by atoms with Crippen LogP contribution >= 0.6 is 7.82 Å². The third kappa shape index (κ3) is 8.82. The van der Waals surface area contributed by atoms with E-state index in [1.807, 2.05) is 60.7 Å². The molecule has 5 N–H and O–H groups in total. The lowest BCUT2D eigenvalue weighted by Gasteiger charge is -2.08. The van der Waals surface area contributed by atoms with E-state index in [-0.39, 0.29) is 0 Å². The Morgan fingerprint density at radius 2 is 0.947 bits per heavy atom. The zero-order chi connectivity index (χ0) is 14.1. The van der Waals surface area contributed by atoms with Crippen LogP contribution in [-0.4, -0.2) is 14.7 Å². The van der Waals surface area contributed by atoms with E-state index in [9.17, 15) is 0 Å². The summed E-state index contributed by atoms with van der Waals surface area (Å²) in [5, 5.41) is 0. The number of benzene rings is 2. The van der Waals surface area contributed by atoms with Crippen molar-refractivity contribution >= 4 is 19.2 Å². The Morgan fingerprint density at radius 1 is 0.684 bits per heavy atom. The number of rotatable bonds is 3. The van der Waals surface area contributed by atoms with Gasteiger partial charge in [-0.2, -0.15) is 0 Å². The Hall–Kier alpha value is -1.85. The van der Waals surface area contributed by atoms with Gasteiger partial charge in [0, 0.05) is 0 Å². The fraction of sp³-hybridized carbons (Fsp3) is 0. The van der Waals surface area contributed by atoms with E-state index in [4.69, 9.17) is 19.2 Å². The minimum absolute atomic E-state index is 1.05. The number of hydrazine groups is 1. The Balaban J connectivity index is 0.000000312. The first-order chi connectivity index (χ1) is 8.95. The number of para-hydroxylation sites is 2. The molecule has 102 valence electrons. The predicted octanol–water partition coefficient (Wildman–Crippen LogP) is 2.20. The molecule has 0 bridgehead atoms. The smallest absolute Gasteiger partial charge is 0.303 e. The van der Waals surface area contributed by atoms with E-state index in [2.05, 4.69) is 10.9 Å². The van der Waals surface area contributed by atoms with E-state index in [1.54, 1.807) is 0 Å². The summed E-state index contributed by atoms with van der Waals surface area (Å²) in [6.45, 7) is 0. The summed E-state index contributed by atoms with van der Waals surface area (Å²) in [5.41, 5.74) is 8.33. The molecule has 0 fully saturated rings. The van der Waals surface area contributed by atoms with Crippen LogP contribution in [0.2, 0.25) is 0 Å². The van der Waals surface area contributed by atoms with Gasteiger partial charge in [0.2, 0.25) is 0 Å². The molecular formula is C12H15N2O4P. The summed E-state index contributed by atoms with van der Waals surface area (Å²) in [5.74, 6) is 0. The molecule has 0 aliphatic rings. The Bertz CT molecular complexity index is 468. The van der Waals surface area contributed by atoms with Crippen molar-refractivity contribution in [1.29, 1.82) is 0 Å². The maximum atomic E-state index is 8.88. The SMILES string of the molecule is O=P(O)(O)O.c1ccc(NNc2ccccc2)cc1. The molecule has 0 spiro atoms. The fourth-order valence-electron chi connectivity index (χ4n) is 1.19. The molecule has 7 heteroatoms. The number of nitrogens with one attached hydrogen (secondary N) is 2. The first-order valence-electron chi connectivity index (χ1n) is 5.35. The topological polar surface area (TPSA) is 102 Å². The molecular weight excluding hydrogens is 267 g/mol. The third-order valence-electron chi connectivity index (χ3n) is 1.90. The van der Waals surface area contributed by atoms with Crippen LogP contribution < -0.4 is 10.9 Å². The van der Waals surface area contributed by atoms with E-state index < -0.39 is 7.82 Å². The van der Waals surface area contributed by atoms with Gasteiger partial charge in [-0.15, -0.1) is 0 Å². The minimum Gasteiger partial charge on any atom is -0.303 e. The molecule has 0 aliphatic carbocycles. The molecule has 0 atom stereocenters. The van der Waals surface area contributed by atoms with Crippen LogP contribution in [-0.2, 0) is 4.57 Å². The average molecular weight is 282 g/mol. The molecule has 6 nitrogen and oxygen atoms in total. The molecule has 0 aromatic heterocycles. The van der Waals surface area contributed by atoms with Crippen LogP contribution in [0.25, 0.3) is 0 Å². The molecule has 0 saturated carbocycles. The predicted molar refractivity (Wildman–Crippen MR) is 74.4 cm³/mol. The van der Waals surface area contributed by atoms with Gasteiger partial charge in [0.05, 0.1) is 11.4 Å². The monoisotopic (exact) mass is 282 g/mol. The summed E-state index contributed by atoms with van der Waals surface area (Å²) in [4.78, 5) is 21.6. The van der Waals surface area contributed by atoms with Gasteiger partial charge in [-0.3, -0.25) is 0 Å². The maximum absolute atomic E-state index is 8.88. The largest absolute Gasteiger partial charge is 0.466 e. The van der Waals surface area contributed by atoms with Crippen LogP contribution in [0.5, 0.6) is 0 Å². The molecule has 2 aromatic rings. The van der Waals surface area contributed by atoms with Crippen molar-refractivity contribution in [3.8, 4) is 0 Å². The summed E-state index contributed by atoms with van der Waals surface area (Å²) >= 11 is 0. The van der Waals surface area contributed by atoms with Gasteiger partial charge in [0.15, 0.2) is 0 Å². The third-order valence-corrected chi connectivity index (χ3v) is 1.90. The van der Waals surface area contributed by atoms with Gasteiger partial charge in [0.1, 0.15) is 0 Å². The summed E-state index contributed by atoms with van der Waals surface area (Å²) in [7, 11) is -4.64. The number of hydrogen-bond acceptors (Lipinski definition) is 3. The van der Waals surface area contributed by atoms with Gasteiger partial charge in [0.25, 0.3) is 0 Å². The summed E-state index contributed by atoms with van der Waals surface area (Å²) in [6.07, 6.45) is 0. The molecule has 0 saturated heterocycles. The molecule has 0 amide bonds. The van der Waals surface area contributed by atoms with Crippen molar-refractivity contribution in [2.75, 3.05) is 10.9 Å². The van der Waals surface area contributed by atoms with E-state index in [0.29, 0.717) is 0 Å². The molecule has 0 heterocycles. The Kier molecular flexibility index (Phi) is 6.05.